The minimum absolute atomic E-state index is 0. The fraction of sp³-hybridized carbons (Fsp3) is 0.923. The molecule has 108 valence electrons. The van der Waals surface area contributed by atoms with Gasteiger partial charge in [0.25, 0.3) is 0 Å². The van der Waals surface area contributed by atoms with E-state index >= 15 is 0 Å². The Balaban J connectivity index is 0.00000289. The van der Waals surface area contributed by atoms with E-state index in [0.717, 1.165) is 19.5 Å². The van der Waals surface area contributed by atoms with E-state index in [1.54, 1.807) is 0 Å². The predicted molar refractivity (Wildman–Crippen MR) is 77.9 cm³/mol. The SMILES string of the molecule is CC1CN(C(C)C(=O)NC(C)(C)C)CCC1N.Cl. The molecule has 0 aromatic carbocycles. The molecule has 0 spiro atoms. The summed E-state index contributed by atoms with van der Waals surface area (Å²) in [5.41, 5.74) is 5.83. The third-order valence-corrected chi connectivity index (χ3v) is 3.43. The van der Waals surface area contributed by atoms with Crippen molar-refractivity contribution in [2.24, 2.45) is 11.7 Å². The number of likely N-dealkylation sites (tertiary alicyclic amines) is 1. The lowest BCUT2D eigenvalue weighted by molar-refractivity contribution is -0.128. The molecule has 0 aromatic heterocycles. The van der Waals surface area contributed by atoms with Crippen LogP contribution in [-0.2, 0) is 4.79 Å². The van der Waals surface area contributed by atoms with Gasteiger partial charge in [-0.3, -0.25) is 9.69 Å². The van der Waals surface area contributed by atoms with Crippen LogP contribution in [0.1, 0.15) is 41.0 Å². The van der Waals surface area contributed by atoms with Crippen molar-refractivity contribution in [1.82, 2.24) is 10.2 Å². The van der Waals surface area contributed by atoms with Crippen LogP contribution in [0.15, 0.2) is 0 Å². The third kappa shape index (κ3) is 5.12. The first kappa shape index (κ1) is 17.7. The Morgan fingerprint density at radius 3 is 2.44 bits per heavy atom. The number of nitrogens with one attached hydrogen (secondary N) is 1. The maximum absolute atomic E-state index is 12.1. The molecule has 18 heavy (non-hydrogen) atoms. The van der Waals surface area contributed by atoms with Crippen LogP contribution in [0.3, 0.4) is 0 Å². The molecule has 1 rings (SSSR count). The zero-order chi connectivity index (χ0) is 13.2. The molecule has 1 aliphatic rings. The van der Waals surface area contributed by atoms with E-state index in [2.05, 4.69) is 17.1 Å². The number of piperidine rings is 1. The first-order chi connectivity index (χ1) is 7.70. The molecule has 0 aliphatic carbocycles. The van der Waals surface area contributed by atoms with Crippen LogP contribution < -0.4 is 11.1 Å². The molecule has 1 amide bonds. The first-order valence-corrected chi connectivity index (χ1v) is 6.52. The number of carbonyl (C=O) groups is 1. The van der Waals surface area contributed by atoms with E-state index in [-0.39, 0.29) is 35.9 Å². The van der Waals surface area contributed by atoms with Gasteiger partial charge < -0.3 is 11.1 Å². The molecule has 3 unspecified atom stereocenters. The fourth-order valence-electron chi connectivity index (χ4n) is 2.19. The molecule has 3 atom stereocenters. The van der Waals surface area contributed by atoms with Gasteiger partial charge in [-0.15, -0.1) is 12.4 Å². The highest BCUT2D eigenvalue weighted by molar-refractivity contribution is 5.85. The van der Waals surface area contributed by atoms with Crippen molar-refractivity contribution >= 4 is 18.3 Å². The van der Waals surface area contributed by atoms with E-state index in [4.69, 9.17) is 5.73 Å². The lowest BCUT2D eigenvalue weighted by atomic mass is 9.93. The molecule has 4 nitrogen and oxygen atoms in total. The summed E-state index contributed by atoms with van der Waals surface area (Å²) in [5.74, 6) is 0.578. The second-order valence-electron chi connectivity index (χ2n) is 6.34. The number of hydrogen-bond acceptors (Lipinski definition) is 3. The number of hydrogen-bond donors (Lipinski definition) is 2. The van der Waals surface area contributed by atoms with Crippen LogP contribution in [0, 0.1) is 5.92 Å². The van der Waals surface area contributed by atoms with E-state index in [1.165, 1.54) is 0 Å². The highest BCUT2D eigenvalue weighted by Crippen LogP contribution is 2.17. The molecule has 1 heterocycles. The summed E-state index contributed by atoms with van der Waals surface area (Å²) < 4.78 is 0. The van der Waals surface area contributed by atoms with Crippen molar-refractivity contribution in [2.75, 3.05) is 13.1 Å². The maximum Gasteiger partial charge on any atom is 0.237 e. The van der Waals surface area contributed by atoms with Crippen molar-refractivity contribution in [3.63, 3.8) is 0 Å². The molecule has 1 saturated heterocycles. The van der Waals surface area contributed by atoms with Crippen LogP contribution in [-0.4, -0.2) is 41.5 Å². The molecule has 1 aliphatic heterocycles. The second-order valence-corrected chi connectivity index (χ2v) is 6.34. The number of halogens is 1. The molecule has 0 bridgehead atoms. The van der Waals surface area contributed by atoms with Crippen LogP contribution >= 0.6 is 12.4 Å². The second kappa shape index (κ2) is 6.73. The molecular formula is C13H28ClN3O. The van der Waals surface area contributed by atoms with E-state index in [1.807, 2.05) is 27.7 Å². The Morgan fingerprint density at radius 1 is 1.44 bits per heavy atom. The summed E-state index contributed by atoms with van der Waals surface area (Å²) in [5, 5.41) is 3.03. The van der Waals surface area contributed by atoms with Crippen molar-refractivity contribution in [3.8, 4) is 0 Å². The maximum atomic E-state index is 12.1. The summed E-state index contributed by atoms with van der Waals surface area (Å²) in [4.78, 5) is 14.3. The summed E-state index contributed by atoms with van der Waals surface area (Å²) in [6.07, 6.45) is 0.980. The lowest BCUT2D eigenvalue weighted by Gasteiger charge is -2.38. The van der Waals surface area contributed by atoms with Crippen molar-refractivity contribution in [1.29, 1.82) is 0 Å². The molecule has 0 saturated carbocycles. The molecule has 5 heteroatoms. The highest BCUT2D eigenvalue weighted by atomic mass is 35.5. The summed E-state index contributed by atoms with van der Waals surface area (Å²) in [6.45, 7) is 12.0. The monoisotopic (exact) mass is 277 g/mol. The third-order valence-electron chi connectivity index (χ3n) is 3.43. The van der Waals surface area contributed by atoms with E-state index < -0.39 is 0 Å². The van der Waals surface area contributed by atoms with Gasteiger partial charge in [0, 0.05) is 24.7 Å². The summed E-state index contributed by atoms with van der Waals surface area (Å²) >= 11 is 0. The number of nitrogens with two attached hydrogens (primary N) is 1. The van der Waals surface area contributed by atoms with Gasteiger partial charge in [-0.25, -0.2) is 0 Å². The van der Waals surface area contributed by atoms with Crippen molar-refractivity contribution in [3.05, 3.63) is 0 Å². The molecule has 0 radical (unpaired) electrons. The van der Waals surface area contributed by atoms with Gasteiger partial charge in [-0.1, -0.05) is 6.92 Å². The van der Waals surface area contributed by atoms with E-state index in [9.17, 15) is 4.79 Å². The summed E-state index contributed by atoms with van der Waals surface area (Å²) in [7, 11) is 0. The average Bonchev–Trinajstić information content (AvgIpc) is 2.18. The lowest BCUT2D eigenvalue weighted by Crippen LogP contribution is -2.55. The van der Waals surface area contributed by atoms with Gasteiger partial charge in [0.05, 0.1) is 6.04 Å². The number of amides is 1. The zero-order valence-electron chi connectivity index (χ0n) is 12.2. The smallest absolute Gasteiger partial charge is 0.237 e. The zero-order valence-corrected chi connectivity index (χ0v) is 13.0. The average molecular weight is 278 g/mol. The van der Waals surface area contributed by atoms with Crippen molar-refractivity contribution in [2.45, 2.75) is 58.7 Å². The molecule has 1 fully saturated rings. The highest BCUT2D eigenvalue weighted by Gasteiger charge is 2.30. The summed E-state index contributed by atoms with van der Waals surface area (Å²) in [6, 6.07) is 0.216. The fourth-order valence-corrected chi connectivity index (χ4v) is 2.19. The standard InChI is InChI=1S/C13H27N3O.ClH/c1-9-8-16(7-6-11(9)14)10(2)12(17)15-13(3,4)5;/h9-11H,6-8,14H2,1-5H3,(H,15,17);1H. The van der Waals surface area contributed by atoms with E-state index in [0.29, 0.717) is 5.92 Å². The predicted octanol–water partition coefficient (Wildman–Crippen LogP) is 1.38. The number of rotatable bonds is 2. The number of carbonyl (C=O) groups excluding carboxylic acids is 1. The van der Waals surface area contributed by atoms with Crippen LogP contribution in [0.25, 0.3) is 0 Å². The minimum Gasteiger partial charge on any atom is -0.350 e. The minimum atomic E-state index is -0.164. The Morgan fingerprint density at radius 2 is 2.00 bits per heavy atom. The van der Waals surface area contributed by atoms with Crippen molar-refractivity contribution < 1.29 is 4.79 Å². The quantitative estimate of drug-likeness (QED) is 0.802. The molecule has 0 aromatic rings. The van der Waals surface area contributed by atoms with Crippen LogP contribution in [0.5, 0.6) is 0 Å². The Kier molecular flexibility index (Phi) is 6.61. The van der Waals surface area contributed by atoms with Gasteiger partial charge in [0.15, 0.2) is 0 Å². The largest absolute Gasteiger partial charge is 0.350 e. The van der Waals surface area contributed by atoms with Gasteiger partial charge in [0.2, 0.25) is 5.91 Å². The van der Waals surface area contributed by atoms with Gasteiger partial charge in [-0.05, 0) is 40.0 Å². The van der Waals surface area contributed by atoms with Gasteiger partial charge in [-0.2, -0.15) is 0 Å². The normalized spacial score (nSPS) is 27.2. The topological polar surface area (TPSA) is 58.4 Å². The van der Waals surface area contributed by atoms with Gasteiger partial charge >= 0.3 is 0 Å². The Labute approximate surface area is 117 Å². The van der Waals surface area contributed by atoms with Crippen LogP contribution in [0.4, 0.5) is 0 Å². The Hall–Kier alpha value is -0.320. The molecular weight excluding hydrogens is 250 g/mol. The number of nitrogens with zero attached hydrogens (tertiary/aromatic N) is 1. The first-order valence-electron chi connectivity index (χ1n) is 6.52. The Bertz CT molecular complexity index is 278. The van der Waals surface area contributed by atoms with Gasteiger partial charge in [0.1, 0.15) is 0 Å². The molecule has 3 N–H and O–H groups in total. The van der Waals surface area contributed by atoms with Crippen LogP contribution in [0.2, 0.25) is 0 Å².